The number of benzene rings is 1. The number of nitrogens with zero attached hydrogens (tertiary/aromatic N) is 2. The highest BCUT2D eigenvalue weighted by atomic mass is 79.9. The molecule has 0 aliphatic heterocycles. The largest absolute Gasteiger partial charge is 0.507 e. The van der Waals surface area contributed by atoms with E-state index < -0.39 is 11.7 Å². The average Bonchev–Trinajstić information content (AvgIpc) is 3.38. The Hall–Kier alpha value is -2.61. The first-order chi connectivity index (χ1) is 12.7. The molecule has 0 spiro atoms. The number of pyridine rings is 1. The average molecular weight is 433 g/mol. The van der Waals surface area contributed by atoms with Crippen molar-refractivity contribution in [3.05, 3.63) is 44.9 Å². The maximum absolute atomic E-state index is 14.4. The Balaban J connectivity index is 2.20. The molecule has 0 bridgehead atoms. The summed E-state index contributed by atoms with van der Waals surface area (Å²) in [5.41, 5.74) is 14.6. The Kier molecular flexibility index (Phi) is 3.92. The second-order valence-electron chi connectivity index (χ2n) is 6.93. The maximum atomic E-state index is 14.4. The van der Waals surface area contributed by atoms with Gasteiger partial charge in [0.15, 0.2) is 0 Å². The highest BCUT2D eigenvalue weighted by molar-refractivity contribution is 9.10. The summed E-state index contributed by atoms with van der Waals surface area (Å²) in [7, 11) is 0. The van der Waals surface area contributed by atoms with Crippen molar-refractivity contribution in [3.63, 3.8) is 0 Å². The topological polar surface area (TPSA) is 107 Å². The highest BCUT2D eigenvalue weighted by Gasteiger charge is 2.32. The molecule has 1 aliphatic carbocycles. The first-order valence-corrected chi connectivity index (χ1v) is 9.30. The third-order valence-corrected chi connectivity index (χ3v) is 5.94. The summed E-state index contributed by atoms with van der Waals surface area (Å²) >= 11 is 3.61. The molecule has 1 fully saturated rings. The number of phenolic OH excluding ortho intramolecular Hbond substituents is 1. The number of hydrogen-bond donors (Lipinski definition) is 3. The minimum absolute atomic E-state index is 0.0872. The molecule has 5 N–H and O–H groups in total. The molecule has 8 heteroatoms. The van der Waals surface area contributed by atoms with Gasteiger partial charge in [-0.2, -0.15) is 0 Å². The number of fused-ring (bicyclic) bond motifs is 1. The summed E-state index contributed by atoms with van der Waals surface area (Å²) in [6.07, 6.45) is 3.66. The molecule has 0 atom stereocenters. The van der Waals surface area contributed by atoms with Crippen molar-refractivity contribution in [1.29, 1.82) is 0 Å². The number of carbonyl (C=O) groups excluding carboxylic acids is 1. The Morgan fingerprint density at radius 3 is 2.63 bits per heavy atom. The number of aromatic hydroxyl groups is 1. The van der Waals surface area contributed by atoms with Gasteiger partial charge in [0.25, 0.3) is 5.91 Å². The summed E-state index contributed by atoms with van der Waals surface area (Å²) in [6.45, 7) is 3.27. The van der Waals surface area contributed by atoms with Gasteiger partial charge in [0, 0.05) is 34.7 Å². The predicted octanol–water partition coefficient (Wildman–Crippen LogP) is 3.81. The molecule has 0 unspecified atom stereocenters. The van der Waals surface area contributed by atoms with E-state index in [1.54, 1.807) is 24.6 Å². The van der Waals surface area contributed by atoms with Crippen LogP contribution in [-0.4, -0.2) is 20.6 Å². The predicted molar refractivity (Wildman–Crippen MR) is 105 cm³/mol. The zero-order valence-electron chi connectivity index (χ0n) is 14.8. The van der Waals surface area contributed by atoms with E-state index in [0.29, 0.717) is 38.1 Å². The summed E-state index contributed by atoms with van der Waals surface area (Å²) in [5.74, 6) is -1.03. The first-order valence-electron chi connectivity index (χ1n) is 8.51. The van der Waals surface area contributed by atoms with Crippen molar-refractivity contribution in [2.75, 3.05) is 5.73 Å². The molecule has 27 heavy (non-hydrogen) atoms. The van der Waals surface area contributed by atoms with Crippen molar-refractivity contribution in [3.8, 4) is 11.4 Å². The monoisotopic (exact) mass is 432 g/mol. The van der Waals surface area contributed by atoms with Gasteiger partial charge in [-0.1, -0.05) is 0 Å². The van der Waals surface area contributed by atoms with Gasteiger partial charge in [0.05, 0.1) is 26.9 Å². The van der Waals surface area contributed by atoms with E-state index in [4.69, 9.17) is 11.5 Å². The van der Waals surface area contributed by atoms with Crippen molar-refractivity contribution < 1.29 is 14.3 Å². The minimum atomic E-state index is -0.694. The van der Waals surface area contributed by atoms with Crippen LogP contribution in [0.25, 0.3) is 16.6 Å². The number of amides is 1. The fourth-order valence-electron chi connectivity index (χ4n) is 3.58. The third kappa shape index (κ3) is 2.50. The standard InChI is InChI=1S/C19H18BrFN4O2/c1-7-11(21)5-12(26)8(2)16(7)25-17-10(13(18(25)22)19(23)27)6-24-15(14(17)20)9-3-4-9/h5-6,9,26H,3-4,22H2,1-2H3,(H2,23,27). The van der Waals surface area contributed by atoms with Gasteiger partial charge < -0.3 is 16.6 Å². The number of anilines is 1. The Morgan fingerprint density at radius 1 is 1.37 bits per heavy atom. The van der Waals surface area contributed by atoms with Gasteiger partial charge in [0.2, 0.25) is 0 Å². The zero-order valence-corrected chi connectivity index (χ0v) is 16.4. The second kappa shape index (κ2) is 5.95. The molecule has 1 saturated carbocycles. The number of hydrogen-bond acceptors (Lipinski definition) is 4. The van der Waals surface area contributed by atoms with Gasteiger partial charge in [-0.3, -0.25) is 14.3 Å². The van der Waals surface area contributed by atoms with Crippen LogP contribution in [0.5, 0.6) is 5.75 Å². The maximum Gasteiger partial charge on any atom is 0.253 e. The Bertz CT molecular complexity index is 1110. The van der Waals surface area contributed by atoms with Crippen LogP contribution < -0.4 is 11.5 Å². The SMILES string of the molecule is Cc1c(O)cc(F)c(C)c1-n1c(N)c(C(N)=O)c2cnc(C3CC3)c(Br)c21. The summed E-state index contributed by atoms with van der Waals surface area (Å²) in [4.78, 5) is 16.6. The number of rotatable bonds is 3. The molecule has 6 nitrogen and oxygen atoms in total. The van der Waals surface area contributed by atoms with E-state index in [-0.39, 0.29) is 17.1 Å². The van der Waals surface area contributed by atoms with E-state index in [1.165, 1.54) is 0 Å². The van der Waals surface area contributed by atoms with Gasteiger partial charge in [-0.15, -0.1) is 0 Å². The molecular formula is C19H18BrFN4O2. The van der Waals surface area contributed by atoms with Gasteiger partial charge >= 0.3 is 0 Å². The minimum Gasteiger partial charge on any atom is -0.507 e. The number of carbonyl (C=O) groups is 1. The fraction of sp³-hybridized carbons (Fsp3) is 0.263. The van der Waals surface area contributed by atoms with E-state index >= 15 is 0 Å². The van der Waals surface area contributed by atoms with E-state index in [2.05, 4.69) is 20.9 Å². The molecule has 0 radical (unpaired) electrons. The lowest BCUT2D eigenvalue weighted by atomic mass is 10.1. The summed E-state index contributed by atoms with van der Waals surface area (Å²) < 4.78 is 16.7. The van der Waals surface area contributed by atoms with E-state index in [9.17, 15) is 14.3 Å². The molecule has 2 heterocycles. The van der Waals surface area contributed by atoms with Gasteiger partial charge in [0.1, 0.15) is 17.4 Å². The lowest BCUT2D eigenvalue weighted by molar-refractivity contribution is 0.100. The number of halogens is 2. The summed E-state index contributed by atoms with van der Waals surface area (Å²) in [5, 5.41) is 10.6. The molecule has 4 rings (SSSR count). The molecule has 2 aromatic heterocycles. The van der Waals surface area contributed by atoms with Crippen molar-refractivity contribution in [2.45, 2.75) is 32.6 Å². The van der Waals surface area contributed by atoms with Crippen LogP contribution in [0.15, 0.2) is 16.7 Å². The number of nitrogen functional groups attached to an aromatic ring is 1. The number of nitrogens with two attached hydrogens (primary N) is 2. The van der Waals surface area contributed by atoms with Crippen LogP contribution in [0, 0.1) is 19.7 Å². The molecular weight excluding hydrogens is 415 g/mol. The Morgan fingerprint density at radius 2 is 2.04 bits per heavy atom. The highest BCUT2D eigenvalue weighted by Crippen LogP contribution is 2.46. The van der Waals surface area contributed by atoms with Crippen LogP contribution in [0.4, 0.5) is 10.2 Å². The van der Waals surface area contributed by atoms with Crippen molar-refractivity contribution in [2.24, 2.45) is 5.73 Å². The third-order valence-electron chi connectivity index (χ3n) is 5.16. The lowest BCUT2D eigenvalue weighted by Gasteiger charge is -2.17. The zero-order chi connectivity index (χ0) is 19.6. The molecule has 1 aliphatic rings. The normalized spacial score (nSPS) is 14.1. The molecule has 3 aromatic rings. The van der Waals surface area contributed by atoms with Gasteiger partial charge in [-0.25, -0.2) is 4.39 Å². The number of aromatic nitrogens is 2. The smallest absolute Gasteiger partial charge is 0.253 e. The lowest BCUT2D eigenvalue weighted by Crippen LogP contribution is -2.14. The Labute approximate surface area is 163 Å². The van der Waals surface area contributed by atoms with E-state index in [1.807, 2.05) is 0 Å². The number of phenols is 1. The van der Waals surface area contributed by atoms with Crippen LogP contribution in [0.2, 0.25) is 0 Å². The fourth-order valence-corrected chi connectivity index (χ4v) is 4.40. The van der Waals surface area contributed by atoms with Crippen molar-refractivity contribution >= 4 is 38.6 Å². The van der Waals surface area contributed by atoms with Crippen LogP contribution in [-0.2, 0) is 0 Å². The molecule has 1 amide bonds. The van der Waals surface area contributed by atoms with Crippen molar-refractivity contribution in [1.82, 2.24) is 9.55 Å². The quantitative estimate of drug-likeness (QED) is 0.584. The first kappa shape index (κ1) is 17.8. The second-order valence-corrected chi connectivity index (χ2v) is 7.72. The van der Waals surface area contributed by atoms with Crippen LogP contribution in [0.1, 0.15) is 45.9 Å². The van der Waals surface area contributed by atoms with E-state index in [0.717, 1.165) is 24.6 Å². The molecule has 140 valence electrons. The molecule has 1 aromatic carbocycles. The van der Waals surface area contributed by atoms with Crippen LogP contribution in [0.3, 0.4) is 0 Å². The molecule has 0 saturated heterocycles. The number of primary amides is 1. The van der Waals surface area contributed by atoms with Crippen LogP contribution >= 0.6 is 15.9 Å². The summed E-state index contributed by atoms with van der Waals surface area (Å²) in [6, 6.07) is 1.07. The van der Waals surface area contributed by atoms with Gasteiger partial charge in [-0.05, 0) is 42.6 Å².